The first kappa shape index (κ1) is 11.7. The summed E-state index contributed by atoms with van der Waals surface area (Å²) >= 11 is 0. The first-order valence-electron chi connectivity index (χ1n) is 4.98. The van der Waals surface area contributed by atoms with Crippen molar-refractivity contribution in [2.24, 2.45) is 0 Å². The summed E-state index contributed by atoms with van der Waals surface area (Å²) in [5.41, 5.74) is 2.66. The lowest BCUT2D eigenvalue weighted by molar-refractivity contribution is 0.353. The average molecular weight is 206 g/mol. The summed E-state index contributed by atoms with van der Waals surface area (Å²) in [6, 6.07) is 2.01. The maximum Gasteiger partial charge on any atom is 0.213 e. The van der Waals surface area contributed by atoms with Gasteiger partial charge in [0, 0.05) is 25.4 Å². The number of nitrogens with zero attached hydrogens (tertiary/aromatic N) is 2. The minimum Gasteiger partial charge on any atom is -0.481 e. The van der Waals surface area contributed by atoms with E-state index in [2.05, 4.69) is 23.5 Å². The Bertz CT molecular complexity index is 336. The van der Waals surface area contributed by atoms with Gasteiger partial charge in [0.2, 0.25) is 5.88 Å². The van der Waals surface area contributed by atoms with Gasteiger partial charge in [0.15, 0.2) is 0 Å². The Morgan fingerprint density at radius 3 is 2.67 bits per heavy atom. The second-order valence-corrected chi connectivity index (χ2v) is 3.58. The van der Waals surface area contributed by atoms with E-state index < -0.39 is 0 Å². The zero-order valence-electron chi connectivity index (χ0n) is 9.66. The standard InChI is InChI=1S/C9H12N2O.C3H6/c1-11-5-7-3-9(12-2)10-4-8(7)6-11;1-3-2/h3-4H,5-6H2,1-2H3;3H,1H2,2H3. The van der Waals surface area contributed by atoms with Crippen molar-refractivity contribution in [3.8, 4) is 5.88 Å². The lowest BCUT2D eigenvalue weighted by Gasteiger charge is -2.02. The predicted molar refractivity (Wildman–Crippen MR) is 61.8 cm³/mol. The van der Waals surface area contributed by atoms with E-state index in [4.69, 9.17) is 4.74 Å². The van der Waals surface area contributed by atoms with Gasteiger partial charge in [-0.25, -0.2) is 4.98 Å². The highest BCUT2D eigenvalue weighted by Crippen LogP contribution is 2.22. The van der Waals surface area contributed by atoms with Gasteiger partial charge in [0.05, 0.1) is 7.11 Å². The van der Waals surface area contributed by atoms with Gasteiger partial charge in [-0.3, -0.25) is 4.90 Å². The molecule has 1 aromatic rings. The van der Waals surface area contributed by atoms with Crippen LogP contribution in [0.1, 0.15) is 18.1 Å². The van der Waals surface area contributed by atoms with Crippen LogP contribution in [0, 0.1) is 0 Å². The van der Waals surface area contributed by atoms with E-state index in [1.54, 1.807) is 13.2 Å². The number of rotatable bonds is 1. The molecule has 0 atom stereocenters. The Labute approximate surface area is 91.4 Å². The first-order chi connectivity index (χ1) is 7.21. The van der Waals surface area contributed by atoms with Crippen LogP contribution in [0.3, 0.4) is 0 Å². The average Bonchev–Trinajstić information content (AvgIpc) is 2.57. The molecule has 1 aromatic heterocycles. The minimum absolute atomic E-state index is 0.712. The number of methoxy groups -OCH3 is 1. The molecule has 1 aliphatic rings. The summed E-state index contributed by atoms with van der Waals surface area (Å²) in [7, 11) is 3.75. The van der Waals surface area contributed by atoms with Crippen molar-refractivity contribution in [2.45, 2.75) is 20.0 Å². The van der Waals surface area contributed by atoms with Crippen LogP contribution in [0.25, 0.3) is 0 Å². The molecule has 3 nitrogen and oxygen atoms in total. The van der Waals surface area contributed by atoms with Crippen molar-refractivity contribution in [3.63, 3.8) is 0 Å². The number of allylic oxidation sites excluding steroid dienone is 1. The Morgan fingerprint density at radius 1 is 1.47 bits per heavy atom. The zero-order valence-corrected chi connectivity index (χ0v) is 9.66. The number of pyridine rings is 1. The van der Waals surface area contributed by atoms with Crippen molar-refractivity contribution in [2.75, 3.05) is 14.2 Å². The number of ether oxygens (including phenoxy) is 1. The van der Waals surface area contributed by atoms with Crippen LogP contribution in [0.4, 0.5) is 0 Å². The molecule has 0 radical (unpaired) electrons. The highest BCUT2D eigenvalue weighted by atomic mass is 16.5. The van der Waals surface area contributed by atoms with Gasteiger partial charge in [-0.1, -0.05) is 6.08 Å². The van der Waals surface area contributed by atoms with Crippen LogP contribution < -0.4 is 4.74 Å². The maximum atomic E-state index is 5.05. The van der Waals surface area contributed by atoms with Gasteiger partial charge in [-0.05, 0) is 25.1 Å². The number of hydrogen-bond acceptors (Lipinski definition) is 3. The van der Waals surface area contributed by atoms with Crippen LogP contribution in [-0.2, 0) is 13.1 Å². The van der Waals surface area contributed by atoms with E-state index in [9.17, 15) is 0 Å². The Hall–Kier alpha value is -1.35. The van der Waals surface area contributed by atoms with Crippen molar-refractivity contribution >= 4 is 0 Å². The molecule has 0 unspecified atom stereocenters. The normalized spacial score (nSPS) is 13.8. The van der Waals surface area contributed by atoms with Gasteiger partial charge in [0.1, 0.15) is 0 Å². The third-order valence-corrected chi connectivity index (χ3v) is 2.15. The Kier molecular flexibility index (Phi) is 4.31. The first-order valence-corrected chi connectivity index (χ1v) is 4.98. The summed E-state index contributed by atoms with van der Waals surface area (Å²) < 4.78 is 5.05. The second kappa shape index (κ2) is 5.51. The molecule has 0 aromatic carbocycles. The van der Waals surface area contributed by atoms with Crippen LogP contribution >= 0.6 is 0 Å². The molecule has 0 N–H and O–H groups in total. The predicted octanol–water partition coefficient (Wildman–Crippen LogP) is 2.23. The van der Waals surface area contributed by atoms with Crippen molar-refractivity contribution < 1.29 is 4.74 Å². The van der Waals surface area contributed by atoms with E-state index in [1.807, 2.05) is 19.2 Å². The number of fused-ring (bicyclic) bond motifs is 1. The molecule has 82 valence electrons. The van der Waals surface area contributed by atoms with Gasteiger partial charge >= 0.3 is 0 Å². The zero-order chi connectivity index (χ0) is 11.3. The molecule has 3 heteroatoms. The lowest BCUT2D eigenvalue weighted by Crippen LogP contribution is -2.07. The lowest BCUT2D eigenvalue weighted by atomic mass is 10.2. The SMILES string of the molecule is C=CC.COc1cc2c(cn1)CN(C)C2. The Balaban J connectivity index is 0.000000337. The maximum absolute atomic E-state index is 5.05. The fourth-order valence-corrected chi connectivity index (χ4v) is 1.54. The quantitative estimate of drug-likeness (QED) is 0.659. The molecule has 2 rings (SSSR count). The molecule has 2 heterocycles. The summed E-state index contributed by atoms with van der Waals surface area (Å²) in [5, 5.41) is 0. The van der Waals surface area contributed by atoms with Crippen LogP contribution in [-0.4, -0.2) is 24.0 Å². The molecular formula is C12H18N2O. The molecule has 0 amide bonds. The number of aromatic nitrogens is 1. The minimum atomic E-state index is 0.712. The smallest absolute Gasteiger partial charge is 0.213 e. The summed E-state index contributed by atoms with van der Waals surface area (Å²) in [5.74, 6) is 0.712. The third kappa shape index (κ3) is 3.06. The van der Waals surface area contributed by atoms with Crippen molar-refractivity contribution in [1.29, 1.82) is 0 Å². The summed E-state index contributed by atoms with van der Waals surface area (Å²) in [6.45, 7) is 7.26. The van der Waals surface area contributed by atoms with E-state index >= 15 is 0 Å². The molecule has 0 spiro atoms. The molecule has 0 saturated heterocycles. The number of hydrogen-bond donors (Lipinski definition) is 0. The molecular weight excluding hydrogens is 188 g/mol. The highest BCUT2D eigenvalue weighted by molar-refractivity contribution is 5.31. The van der Waals surface area contributed by atoms with E-state index in [0.29, 0.717) is 5.88 Å². The van der Waals surface area contributed by atoms with Crippen LogP contribution in [0.15, 0.2) is 24.9 Å². The van der Waals surface area contributed by atoms with Crippen LogP contribution in [0.2, 0.25) is 0 Å². The largest absolute Gasteiger partial charge is 0.481 e. The molecule has 0 saturated carbocycles. The second-order valence-electron chi connectivity index (χ2n) is 3.58. The van der Waals surface area contributed by atoms with E-state index in [1.165, 1.54) is 11.1 Å². The van der Waals surface area contributed by atoms with E-state index in [-0.39, 0.29) is 0 Å². The fraction of sp³-hybridized carbons (Fsp3) is 0.417. The molecule has 0 fully saturated rings. The third-order valence-electron chi connectivity index (χ3n) is 2.15. The van der Waals surface area contributed by atoms with Gasteiger partial charge in [-0.15, -0.1) is 6.58 Å². The molecule has 0 aliphatic carbocycles. The van der Waals surface area contributed by atoms with Gasteiger partial charge in [-0.2, -0.15) is 0 Å². The van der Waals surface area contributed by atoms with Crippen molar-refractivity contribution in [1.82, 2.24) is 9.88 Å². The molecule has 15 heavy (non-hydrogen) atoms. The monoisotopic (exact) mass is 206 g/mol. The van der Waals surface area contributed by atoms with Crippen molar-refractivity contribution in [3.05, 3.63) is 36.0 Å². The fourth-order valence-electron chi connectivity index (χ4n) is 1.54. The highest BCUT2D eigenvalue weighted by Gasteiger charge is 2.15. The topological polar surface area (TPSA) is 25.4 Å². The Morgan fingerprint density at radius 2 is 2.07 bits per heavy atom. The van der Waals surface area contributed by atoms with E-state index in [0.717, 1.165) is 13.1 Å². The summed E-state index contributed by atoms with van der Waals surface area (Å²) in [4.78, 5) is 6.41. The summed E-state index contributed by atoms with van der Waals surface area (Å²) in [6.07, 6.45) is 3.65. The molecule has 0 bridgehead atoms. The van der Waals surface area contributed by atoms with Gasteiger partial charge in [0.25, 0.3) is 0 Å². The molecule has 1 aliphatic heterocycles. The van der Waals surface area contributed by atoms with Crippen LogP contribution in [0.5, 0.6) is 5.88 Å². The van der Waals surface area contributed by atoms with Gasteiger partial charge < -0.3 is 4.74 Å².